The third kappa shape index (κ3) is 1.99. The molecule has 0 radical (unpaired) electrons. The molecule has 1 aliphatic rings. The van der Waals surface area contributed by atoms with Gasteiger partial charge in [0, 0.05) is 5.02 Å². The normalized spacial score (nSPS) is 20.6. The molecular formula is C10H11ClN4O. The van der Waals surface area contributed by atoms with Crippen molar-refractivity contribution < 1.29 is 4.79 Å². The Bertz CT molecular complexity index is 406. The lowest BCUT2D eigenvalue weighted by molar-refractivity contribution is -0.113. The van der Waals surface area contributed by atoms with Crippen LogP contribution in [-0.4, -0.2) is 17.5 Å². The van der Waals surface area contributed by atoms with E-state index in [9.17, 15) is 4.79 Å². The van der Waals surface area contributed by atoms with E-state index in [-0.39, 0.29) is 6.04 Å². The number of carbonyl (C=O) groups excluding carboxylic acids is 1. The Balaban J connectivity index is 2.18. The number of aldehydes is 1. The monoisotopic (exact) mass is 238 g/mol. The Morgan fingerprint density at radius 2 is 2.19 bits per heavy atom. The van der Waals surface area contributed by atoms with E-state index in [2.05, 4.69) is 15.9 Å². The summed E-state index contributed by atoms with van der Waals surface area (Å²) in [5, 5.41) is 9.79. The van der Waals surface area contributed by atoms with Crippen molar-refractivity contribution in [3.63, 3.8) is 0 Å². The minimum absolute atomic E-state index is 0.0359. The van der Waals surface area contributed by atoms with Crippen LogP contribution in [0.3, 0.4) is 0 Å². The number of hydrogen-bond acceptors (Lipinski definition) is 5. The summed E-state index contributed by atoms with van der Waals surface area (Å²) in [7, 11) is 0. The molecule has 2 atom stereocenters. The second-order valence-electron chi connectivity index (χ2n) is 3.51. The number of rotatable bonds is 3. The van der Waals surface area contributed by atoms with Gasteiger partial charge < -0.3 is 0 Å². The fourth-order valence-corrected chi connectivity index (χ4v) is 1.68. The van der Waals surface area contributed by atoms with Crippen molar-refractivity contribution in [1.29, 1.82) is 0 Å². The van der Waals surface area contributed by atoms with Crippen molar-refractivity contribution in [2.75, 3.05) is 0 Å². The molecule has 5 nitrogen and oxygen atoms in total. The molecule has 2 rings (SSSR count). The first-order valence-corrected chi connectivity index (χ1v) is 5.25. The number of benzene rings is 1. The predicted molar refractivity (Wildman–Crippen MR) is 59.5 cm³/mol. The summed E-state index contributed by atoms with van der Waals surface area (Å²) in [6, 6.07) is 7.39. The molecule has 2 unspecified atom stereocenters. The molecule has 1 aromatic rings. The summed E-state index contributed by atoms with van der Waals surface area (Å²) in [6.45, 7) is 1.95. The molecule has 1 heterocycles. The lowest BCUT2D eigenvalue weighted by atomic mass is 10.1. The van der Waals surface area contributed by atoms with Crippen molar-refractivity contribution in [3.8, 4) is 0 Å². The van der Waals surface area contributed by atoms with Crippen LogP contribution in [0.15, 0.2) is 34.7 Å². The van der Waals surface area contributed by atoms with Gasteiger partial charge in [-0.2, -0.15) is 0 Å². The van der Waals surface area contributed by atoms with Gasteiger partial charge in [0.15, 0.2) is 12.5 Å². The second-order valence-corrected chi connectivity index (χ2v) is 3.94. The predicted octanol–water partition coefficient (Wildman–Crippen LogP) is 2.11. The summed E-state index contributed by atoms with van der Waals surface area (Å²) in [4.78, 5) is 10.8. The van der Waals surface area contributed by atoms with Crippen LogP contribution in [-0.2, 0) is 4.79 Å². The van der Waals surface area contributed by atoms with E-state index in [1.807, 2.05) is 31.2 Å². The molecule has 1 aromatic carbocycles. The van der Waals surface area contributed by atoms with E-state index >= 15 is 0 Å². The van der Waals surface area contributed by atoms with E-state index in [1.54, 1.807) is 5.01 Å². The van der Waals surface area contributed by atoms with E-state index in [1.165, 1.54) is 0 Å². The van der Waals surface area contributed by atoms with E-state index in [4.69, 9.17) is 11.6 Å². The average molecular weight is 239 g/mol. The van der Waals surface area contributed by atoms with Gasteiger partial charge in [0.25, 0.3) is 0 Å². The van der Waals surface area contributed by atoms with E-state index < -0.39 is 6.17 Å². The molecule has 0 saturated carbocycles. The maximum absolute atomic E-state index is 10.8. The van der Waals surface area contributed by atoms with E-state index in [0.29, 0.717) is 5.02 Å². The molecule has 84 valence electrons. The SMILES string of the molecule is CC(c1ccc(Cl)cc1)N1N=NNC1C=O. The first-order chi connectivity index (χ1) is 7.72. The lowest BCUT2D eigenvalue weighted by Gasteiger charge is -2.24. The zero-order chi connectivity index (χ0) is 11.5. The van der Waals surface area contributed by atoms with Gasteiger partial charge in [-0.1, -0.05) is 34.2 Å². The largest absolute Gasteiger partial charge is 0.299 e. The molecule has 16 heavy (non-hydrogen) atoms. The zero-order valence-electron chi connectivity index (χ0n) is 8.67. The maximum atomic E-state index is 10.8. The maximum Gasteiger partial charge on any atom is 0.190 e. The molecule has 0 spiro atoms. The molecule has 0 amide bonds. The highest BCUT2D eigenvalue weighted by atomic mass is 35.5. The third-order valence-electron chi connectivity index (χ3n) is 2.50. The van der Waals surface area contributed by atoms with Crippen molar-refractivity contribution in [1.82, 2.24) is 10.4 Å². The molecule has 1 N–H and O–H groups in total. The quantitative estimate of drug-likeness (QED) is 0.821. The Kier molecular flexibility index (Phi) is 3.05. The third-order valence-corrected chi connectivity index (χ3v) is 2.75. The number of carbonyl (C=O) groups is 1. The summed E-state index contributed by atoms with van der Waals surface area (Å²) < 4.78 is 0. The van der Waals surface area contributed by atoms with Gasteiger partial charge in [-0.25, -0.2) is 5.01 Å². The molecule has 0 bridgehead atoms. The summed E-state index contributed by atoms with van der Waals surface area (Å²) >= 11 is 5.81. The van der Waals surface area contributed by atoms with Gasteiger partial charge in [-0.05, 0) is 24.6 Å². The highest BCUT2D eigenvalue weighted by Gasteiger charge is 2.26. The smallest absolute Gasteiger partial charge is 0.190 e. The molecular weight excluding hydrogens is 228 g/mol. The highest BCUT2D eigenvalue weighted by molar-refractivity contribution is 6.30. The Morgan fingerprint density at radius 1 is 1.50 bits per heavy atom. The summed E-state index contributed by atoms with van der Waals surface area (Å²) in [5.41, 5.74) is 3.64. The van der Waals surface area contributed by atoms with Crippen molar-refractivity contribution in [2.24, 2.45) is 10.4 Å². The van der Waals surface area contributed by atoms with Crippen LogP contribution in [0.25, 0.3) is 0 Å². The minimum Gasteiger partial charge on any atom is -0.299 e. The van der Waals surface area contributed by atoms with Crippen LogP contribution in [0.5, 0.6) is 0 Å². The Hall–Kier alpha value is -1.62. The first-order valence-electron chi connectivity index (χ1n) is 4.87. The number of nitrogens with one attached hydrogen (secondary N) is 1. The highest BCUT2D eigenvalue weighted by Crippen LogP contribution is 2.25. The van der Waals surface area contributed by atoms with Gasteiger partial charge in [0.2, 0.25) is 0 Å². The number of hydrogen-bond donors (Lipinski definition) is 1. The Labute approximate surface area is 98.0 Å². The number of halogens is 1. The van der Waals surface area contributed by atoms with Crippen LogP contribution in [0.1, 0.15) is 18.5 Å². The molecule has 0 saturated heterocycles. The topological polar surface area (TPSA) is 57.1 Å². The first kappa shape index (κ1) is 10.9. The van der Waals surface area contributed by atoms with Crippen LogP contribution in [0.4, 0.5) is 0 Å². The van der Waals surface area contributed by atoms with Gasteiger partial charge in [-0.3, -0.25) is 10.2 Å². The molecule has 0 aromatic heterocycles. The lowest BCUT2D eigenvalue weighted by Crippen LogP contribution is -2.37. The molecule has 1 aliphatic heterocycles. The molecule has 6 heteroatoms. The average Bonchev–Trinajstić information content (AvgIpc) is 2.77. The van der Waals surface area contributed by atoms with Crippen LogP contribution >= 0.6 is 11.6 Å². The van der Waals surface area contributed by atoms with Crippen molar-refractivity contribution in [2.45, 2.75) is 19.1 Å². The van der Waals surface area contributed by atoms with Gasteiger partial charge in [0.1, 0.15) is 0 Å². The second kappa shape index (κ2) is 4.49. The van der Waals surface area contributed by atoms with Crippen molar-refractivity contribution >= 4 is 17.9 Å². The Morgan fingerprint density at radius 3 is 2.81 bits per heavy atom. The van der Waals surface area contributed by atoms with Crippen LogP contribution < -0.4 is 5.43 Å². The van der Waals surface area contributed by atoms with Gasteiger partial charge in [0.05, 0.1) is 6.04 Å². The van der Waals surface area contributed by atoms with Crippen LogP contribution in [0, 0.1) is 0 Å². The fraction of sp³-hybridized carbons (Fsp3) is 0.300. The van der Waals surface area contributed by atoms with E-state index in [0.717, 1.165) is 11.8 Å². The molecule has 0 aliphatic carbocycles. The number of nitrogens with zero attached hydrogens (tertiary/aromatic N) is 3. The molecule has 0 fully saturated rings. The van der Waals surface area contributed by atoms with Gasteiger partial charge >= 0.3 is 0 Å². The van der Waals surface area contributed by atoms with Crippen molar-refractivity contribution in [3.05, 3.63) is 34.9 Å². The minimum atomic E-state index is -0.495. The van der Waals surface area contributed by atoms with Crippen LogP contribution in [0.2, 0.25) is 5.02 Å². The zero-order valence-corrected chi connectivity index (χ0v) is 9.43. The summed E-state index contributed by atoms with van der Waals surface area (Å²) in [5.74, 6) is 0. The fourth-order valence-electron chi connectivity index (χ4n) is 1.56. The standard InChI is InChI=1S/C10H11ClN4O/c1-7(8-2-4-9(11)5-3-8)15-10(6-16)12-13-14-15/h2-7,10H,1H3,(H,12,14). The van der Waals surface area contributed by atoms with Gasteiger partial charge in [-0.15, -0.1) is 0 Å². The summed E-state index contributed by atoms with van der Waals surface area (Å²) in [6.07, 6.45) is 0.276.